The summed E-state index contributed by atoms with van der Waals surface area (Å²) in [6, 6.07) is 0.0991. The van der Waals surface area contributed by atoms with Crippen LogP contribution >= 0.6 is 11.8 Å². The lowest BCUT2D eigenvalue weighted by Gasteiger charge is -2.32. The first-order valence-corrected chi connectivity index (χ1v) is 7.44. The molecule has 1 aromatic rings. The summed E-state index contributed by atoms with van der Waals surface area (Å²) >= 11 is 1.84. The third kappa shape index (κ3) is 3.86. The number of carboxylic acids is 1. The zero-order valence-corrected chi connectivity index (χ0v) is 12.0. The summed E-state index contributed by atoms with van der Waals surface area (Å²) < 4.78 is 1.23. The number of thioether (sulfide) groups is 1. The highest BCUT2D eigenvalue weighted by atomic mass is 32.2. The molecule has 1 fully saturated rings. The number of carbonyl (C=O) groups is 2. The normalized spacial score (nSPS) is 18.9. The zero-order valence-electron chi connectivity index (χ0n) is 11.2. The van der Waals surface area contributed by atoms with E-state index in [0.717, 1.165) is 18.1 Å². The average Bonchev–Trinajstić information content (AvgIpc) is 2.83. The van der Waals surface area contributed by atoms with Crippen molar-refractivity contribution in [2.45, 2.75) is 26.1 Å². The number of nitrogens with one attached hydrogen (secondary N) is 1. The molecule has 20 heavy (non-hydrogen) atoms. The predicted molar refractivity (Wildman–Crippen MR) is 73.4 cm³/mol. The third-order valence-corrected chi connectivity index (χ3v) is 4.12. The van der Waals surface area contributed by atoms with Gasteiger partial charge in [0.2, 0.25) is 0 Å². The third-order valence-electron chi connectivity index (χ3n) is 2.93. The maximum atomic E-state index is 12.0. The molecule has 1 aliphatic rings. The summed E-state index contributed by atoms with van der Waals surface area (Å²) in [5.74, 6) is 0.916. The monoisotopic (exact) mass is 299 g/mol. The Bertz CT molecular complexity index is 492. The largest absolute Gasteiger partial charge is 0.480 e. The molecule has 0 aromatic carbocycles. The van der Waals surface area contributed by atoms with Gasteiger partial charge in [0.15, 0.2) is 0 Å². The van der Waals surface area contributed by atoms with E-state index in [4.69, 9.17) is 5.11 Å². The summed E-state index contributed by atoms with van der Waals surface area (Å²) in [4.78, 5) is 24.3. The first-order valence-electron chi connectivity index (χ1n) is 6.29. The van der Waals surface area contributed by atoms with Gasteiger partial charge < -0.3 is 15.3 Å². The summed E-state index contributed by atoms with van der Waals surface area (Å²) in [6.45, 7) is 2.77. The van der Waals surface area contributed by atoms with Gasteiger partial charge in [0, 0.05) is 24.1 Å². The van der Waals surface area contributed by atoms with E-state index in [2.05, 4.69) is 15.6 Å². The van der Waals surface area contributed by atoms with Crippen molar-refractivity contribution in [3.8, 4) is 0 Å². The van der Waals surface area contributed by atoms with Crippen LogP contribution in [0.25, 0.3) is 0 Å². The van der Waals surface area contributed by atoms with Crippen molar-refractivity contribution >= 4 is 23.8 Å². The second kappa shape index (κ2) is 6.60. The topological polar surface area (TPSA) is 100 Å². The minimum absolute atomic E-state index is 0.120. The van der Waals surface area contributed by atoms with Crippen LogP contribution in [0.1, 0.15) is 12.6 Å². The molecular formula is C11H17N5O3S. The highest BCUT2D eigenvalue weighted by molar-refractivity contribution is 7.99. The number of amides is 2. The molecule has 0 aliphatic carbocycles. The Morgan fingerprint density at radius 2 is 2.40 bits per heavy atom. The van der Waals surface area contributed by atoms with Gasteiger partial charge in [0.1, 0.15) is 12.2 Å². The van der Waals surface area contributed by atoms with E-state index in [9.17, 15) is 9.59 Å². The van der Waals surface area contributed by atoms with Gasteiger partial charge in [-0.15, -0.1) is 5.10 Å². The summed E-state index contributed by atoms with van der Waals surface area (Å²) in [5.41, 5.74) is 0.540. The fourth-order valence-electron chi connectivity index (χ4n) is 1.93. The molecule has 1 saturated heterocycles. The number of carbonyl (C=O) groups excluding carboxylic acids is 1. The Hall–Kier alpha value is -1.77. The van der Waals surface area contributed by atoms with Crippen LogP contribution in [0.4, 0.5) is 4.79 Å². The minimum Gasteiger partial charge on any atom is -0.480 e. The Labute approximate surface area is 120 Å². The maximum Gasteiger partial charge on any atom is 0.325 e. The average molecular weight is 299 g/mol. The van der Waals surface area contributed by atoms with E-state index in [1.54, 1.807) is 4.90 Å². The lowest BCUT2D eigenvalue weighted by molar-refractivity contribution is -0.137. The summed E-state index contributed by atoms with van der Waals surface area (Å²) in [5, 5.41) is 18.9. The number of hydrogen-bond donors (Lipinski definition) is 2. The lowest BCUT2D eigenvalue weighted by Crippen LogP contribution is -2.49. The standard InChI is InChI=1S/C11H17N5O3S/c1-8-7-20-3-2-16(8)11(19)12-4-9-5-15(14-13-9)6-10(17)18/h5,8H,2-4,6-7H2,1H3,(H,12,19)(H,17,18). The Balaban J connectivity index is 1.83. The van der Waals surface area contributed by atoms with Gasteiger partial charge in [0.25, 0.3) is 0 Å². The van der Waals surface area contributed by atoms with Gasteiger partial charge in [0.05, 0.1) is 12.7 Å². The first-order chi connectivity index (χ1) is 9.56. The molecular weight excluding hydrogens is 282 g/mol. The van der Waals surface area contributed by atoms with E-state index in [-0.39, 0.29) is 25.2 Å². The van der Waals surface area contributed by atoms with Crippen LogP contribution < -0.4 is 5.32 Å². The number of carboxylic acid groups (broad SMARTS) is 1. The van der Waals surface area contributed by atoms with Gasteiger partial charge in [-0.05, 0) is 6.92 Å². The van der Waals surface area contributed by atoms with Crippen LogP contribution in [0.15, 0.2) is 6.20 Å². The molecule has 0 saturated carbocycles. The van der Waals surface area contributed by atoms with Crippen molar-refractivity contribution < 1.29 is 14.7 Å². The minimum atomic E-state index is -0.981. The van der Waals surface area contributed by atoms with Crippen molar-refractivity contribution in [3.63, 3.8) is 0 Å². The van der Waals surface area contributed by atoms with Crippen LogP contribution in [-0.2, 0) is 17.9 Å². The molecule has 1 unspecified atom stereocenters. The summed E-state index contributed by atoms with van der Waals surface area (Å²) in [6.07, 6.45) is 1.52. The van der Waals surface area contributed by atoms with Gasteiger partial charge in [-0.3, -0.25) is 4.79 Å². The highest BCUT2D eigenvalue weighted by Crippen LogP contribution is 2.15. The number of rotatable bonds is 4. The Morgan fingerprint density at radius 3 is 3.10 bits per heavy atom. The second-order valence-electron chi connectivity index (χ2n) is 4.58. The molecule has 2 N–H and O–H groups in total. The number of nitrogens with zero attached hydrogens (tertiary/aromatic N) is 4. The van der Waals surface area contributed by atoms with Crippen molar-refractivity contribution in [1.82, 2.24) is 25.2 Å². The maximum absolute atomic E-state index is 12.0. The SMILES string of the molecule is CC1CSCCN1C(=O)NCc1cn(CC(=O)O)nn1. The predicted octanol–water partition coefficient (Wildman–Crippen LogP) is 0.00960. The first kappa shape index (κ1) is 14.6. The van der Waals surface area contributed by atoms with E-state index in [1.807, 2.05) is 18.7 Å². The molecule has 0 bridgehead atoms. The molecule has 2 amide bonds. The van der Waals surface area contributed by atoms with Crippen molar-refractivity contribution in [1.29, 1.82) is 0 Å². The van der Waals surface area contributed by atoms with E-state index < -0.39 is 5.97 Å². The van der Waals surface area contributed by atoms with Crippen LogP contribution in [0.3, 0.4) is 0 Å². The van der Waals surface area contributed by atoms with Crippen LogP contribution in [-0.4, -0.2) is 61.1 Å². The van der Waals surface area contributed by atoms with Crippen LogP contribution in [0, 0.1) is 0 Å². The highest BCUT2D eigenvalue weighted by Gasteiger charge is 2.23. The number of urea groups is 1. The smallest absolute Gasteiger partial charge is 0.325 e. The molecule has 1 aromatic heterocycles. The zero-order chi connectivity index (χ0) is 14.5. The number of hydrogen-bond acceptors (Lipinski definition) is 5. The van der Waals surface area contributed by atoms with Gasteiger partial charge in [-0.1, -0.05) is 5.21 Å². The van der Waals surface area contributed by atoms with E-state index in [0.29, 0.717) is 5.69 Å². The van der Waals surface area contributed by atoms with Gasteiger partial charge in [-0.2, -0.15) is 11.8 Å². The second-order valence-corrected chi connectivity index (χ2v) is 5.73. The molecule has 0 radical (unpaired) electrons. The van der Waals surface area contributed by atoms with Crippen LogP contribution in [0.5, 0.6) is 0 Å². The Kier molecular flexibility index (Phi) is 4.83. The van der Waals surface area contributed by atoms with Gasteiger partial charge in [-0.25, -0.2) is 9.48 Å². The van der Waals surface area contributed by atoms with Crippen molar-refractivity contribution in [2.75, 3.05) is 18.1 Å². The molecule has 2 heterocycles. The molecule has 9 heteroatoms. The molecule has 110 valence electrons. The molecule has 0 spiro atoms. The fraction of sp³-hybridized carbons (Fsp3) is 0.636. The van der Waals surface area contributed by atoms with E-state index in [1.165, 1.54) is 10.9 Å². The molecule has 1 aliphatic heterocycles. The molecule has 1 atom stereocenters. The Morgan fingerprint density at radius 1 is 1.60 bits per heavy atom. The summed E-state index contributed by atoms with van der Waals surface area (Å²) in [7, 11) is 0. The van der Waals surface area contributed by atoms with Crippen LogP contribution in [0.2, 0.25) is 0 Å². The lowest BCUT2D eigenvalue weighted by atomic mass is 10.3. The fourth-order valence-corrected chi connectivity index (χ4v) is 2.95. The quantitative estimate of drug-likeness (QED) is 0.812. The van der Waals surface area contributed by atoms with Gasteiger partial charge >= 0.3 is 12.0 Å². The van der Waals surface area contributed by atoms with E-state index >= 15 is 0 Å². The molecule has 2 rings (SSSR count). The van der Waals surface area contributed by atoms with Crippen molar-refractivity contribution in [2.24, 2.45) is 0 Å². The number of aliphatic carboxylic acids is 1. The van der Waals surface area contributed by atoms with Crippen molar-refractivity contribution in [3.05, 3.63) is 11.9 Å². The number of aromatic nitrogens is 3. The molecule has 8 nitrogen and oxygen atoms in total.